The van der Waals surface area contributed by atoms with Gasteiger partial charge in [-0.2, -0.15) is 15.5 Å². The first kappa shape index (κ1) is 15.6. The zero-order chi connectivity index (χ0) is 17.3. The molecule has 0 aliphatic heterocycles. The zero-order valence-electron chi connectivity index (χ0n) is 12.6. The van der Waals surface area contributed by atoms with Crippen LogP contribution in [0, 0.1) is 11.3 Å². The smallest absolute Gasteiger partial charge is 0.262 e. The van der Waals surface area contributed by atoms with Crippen molar-refractivity contribution < 1.29 is 4.79 Å². The summed E-state index contributed by atoms with van der Waals surface area (Å²) in [5.41, 5.74) is 6.84. The van der Waals surface area contributed by atoms with Crippen molar-refractivity contribution in [3.63, 3.8) is 0 Å². The first-order chi connectivity index (χ1) is 11.5. The first-order valence-corrected chi connectivity index (χ1v) is 7.22. The molecule has 8 nitrogen and oxygen atoms in total. The Kier molecular flexibility index (Phi) is 3.93. The molecular formula is C15H12ClN7O. The number of hydrogen-bond donors (Lipinski definition) is 2. The number of aryl methyl sites for hydroxylation is 1. The molecule has 0 aliphatic rings. The largest absolute Gasteiger partial charge is 0.383 e. The summed E-state index contributed by atoms with van der Waals surface area (Å²) >= 11 is 5.99. The van der Waals surface area contributed by atoms with Gasteiger partial charge in [-0.3, -0.25) is 9.48 Å². The average molecular weight is 342 g/mol. The van der Waals surface area contributed by atoms with Crippen LogP contribution in [-0.2, 0) is 7.05 Å². The van der Waals surface area contributed by atoms with E-state index in [0.29, 0.717) is 10.7 Å². The van der Waals surface area contributed by atoms with Crippen LogP contribution >= 0.6 is 11.6 Å². The number of nitrogen functional groups attached to an aromatic ring is 1. The van der Waals surface area contributed by atoms with Crippen LogP contribution in [0.15, 0.2) is 36.7 Å². The summed E-state index contributed by atoms with van der Waals surface area (Å²) < 4.78 is 2.81. The molecule has 1 aromatic carbocycles. The fourth-order valence-electron chi connectivity index (χ4n) is 2.15. The maximum atomic E-state index is 12.4. The highest BCUT2D eigenvalue weighted by molar-refractivity contribution is 6.30. The van der Waals surface area contributed by atoms with Crippen LogP contribution in [0.25, 0.3) is 5.69 Å². The molecule has 1 amide bonds. The van der Waals surface area contributed by atoms with E-state index in [1.165, 1.54) is 21.8 Å². The van der Waals surface area contributed by atoms with Crippen LogP contribution in [0.2, 0.25) is 5.02 Å². The molecule has 2 aromatic heterocycles. The molecule has 0 bridgehead atoms. The quantitative estimate of drug-likeness (QED) is 0.755. The summed E-state index contributed by atoms with van der Waals surface area (Å²) in [4.78, 5) is 12.4. The zero-order valence-corrected chi connectivity index (χ0v) is 13.3. The fraction of sp³-hybridized carbons (Fsp3) is 0.0667. The molecule has 0 saturated carbocycles. The van der Waals surface area contributed by atoms with Crippen LogP contribution in [0.1, 0.15) is 15.9 Å². The van der Waals surface area contributed by atoms with E-state index in [9.17, 15) is 10.1 Å². The van der Waals surface area contributed by atoms with Crippen molar-refractivity contribution in [2.75, 3.05) is 11.1 Å². The van der Waals surface area contributed by atoms with Gasteiger partial charge in [0.25, 0.3) is 5.91 Å². The van der Waals surface area contributed by atoms with Crippen LogP contribution < -0.4 is 11.1 Å². The highest BCUT2D eigenvalue weighted by Crippen LogP contribution is 2.23. The lowest BCUT2D eigenvalue weighted by molar-refractivity contribution is 0.102. The van der Waals surface area contributed by atoms with Crippen molar-refractivity contribution in [3.8, 4) is 11.8 Å². The number of carbonyl (C=O) groups is 1. The lowest BCUT2D eigenvalue weighted by Gasteiger charge is -2.09. The van der Waals surface area contributed by atoms with Crippen molar-refractivity contribution in [3.05, 3.63) is 52.8 Å². The number of carbonyl (C=O) groups excluding carboxylic acids is 1. The van der Waals surface area contributed by atoms with E-state index in [2.05, 4.69) is 15.5 Å². The number of benzene rings is 1. The van der Waals surface area contributed by atoms with Crippen LogP contribution in [0.4, 0.5) is 11.6 Å². The molecule has 120 valence electrons. The summed E-state index contributed by atoms with van der Waals surface area (Å²) in [7, 11) is 1.63. The van der Waals surface area contributed by atoms with Gasteiger partial charge in [0.15, 0.2) is 5.82 Å². The summed E-state index contributed by atoms with van der Waals surface area (Å²) in [5.74, 6) is -0.0336. The third kappa shape index (κ3) is 2.68. The number of aromatic nitrogens is 4. The molecule has 24 heavy (non-hydrogen) atoms. The maximum Gasteiger partial charge on any atom is 0.262 e. The SMILES string of the molecule is Cn1ncc(C(=O)Nc2c(C#N)cnn2-c2cccc(Cl)c2)c1N. The van der Waals surface area contributed by atoms with Crippen molar-refractivity contribution in [2.24, 2.45) is 7.05 Å². The van der Waals surface area contributed by atoms with Crippen LogP contribution in [0.3, 0.4) is 0 Å². The number of nitrogens with one attached hydrogen (secondary N) is 1. The standard InChI is InChI=1S/C15H12ClN7O/c1-22-13(18)12(8-19-22)15(24)21-14-9(6-17)7-20-23(14)11-4-2-3-10(16)5-11/h2-5,7-8H,18H2,1H3,(H,21,24). The predicted octanol–water partition coefficient (Wildman–Crippen LogP) is 1.97. The minimum atomic E-state index is -0.485. The monoisotopic (exact) mass is 341 g/mol. The Morgan fingerprint density at radius 1 is 1.38 bits per heavy atom. The van der Waals surface area contributed by atoms with E-state index in [0.717, 1.165) is 0 Å². The lowest BCUT2D eigenvalue weighted by atomic mass is 10.2. The minimum Gasteiger partial charge on any atom is -0.383 e. The minimum absolute atomic E-state index is 0.209. The summed E-state index contributed by atoms with van der Waals surface area (Å²) in [6.07, 6.45) is 2.72. The Morgan fingerprint density at radius 3 is 2.79 bits per heavy atom. The second kappa shape index (κ2) is 6.06. The topological polar surface area (TPSA) is 115 Å². The number of hydrogen-bond acceptors (Lipinski definition) is 5. The average Bonchev–Trinajstić information content (AvgIpc) is 3.11. The van der Waals surface area contributed by atoms with Crippen molar-refractivity contribution in [1.29, 1.82) is 5.26 Å². The molecule has 0 fully saturated rings. The Labute approximate surface area is 142 Å². The first-order valence-electron chi connectivity index (χ1n) is 6.84. The van der Waals surface area contributed by atoms with Gasteiger partial charge in [0.05, 0.1) is 18.1 Å². The number of rotatable bonds is 3. The Morgan fingerprint density at radius 2 is 2.17 bits per heavy atom. The fourth-order valence-corrected chi connectivity index (χ4v) is 2.34. The third-order valence-corrected chi connectivity index (χ3v) is 3.64. The molecule has 3 aromatic rings. The Hall–Kier alpha value is -3.31. The number of anilines is 2. The molecule has 3 rings (SSSR count). The van der Waals surface area contributed by atoms with Gasteiger partial charge >= 0.3 is 0 Å². The van der Waals surface area contributed by atoms with Crippen LogP contribution in [-0.4, -0.2) is 25.5 Å². The van der Waals surface area contributed by atoms with E-state index in [1.54, 1.807) is 31.3 Å². The molecule has 0 atom stereocenters. The normalized spacial score (nSPS) is 10.4. The maximum absolute atomic E-state index is 12.4. The van der Waals surface area contributed by atoms with Gasteiger partial charge in [-0.05, 0) is 18.2 Å². The highest BCUT2D eigenvalue weighted by atomic mass is 35.5. The van der Waals surface area contributed by atoms with Gasteiger partial charge in [-0.15, -0.1) is 0 Å². The summed E-state index contributed by atoms with van der Waals surface area (Å²) in [5, 5.41) is 20.5. The molecule has 3 N–H and O–H groups in total. The molecule has 2 heterocycles. The number of halogens is 1. The number of amides is 1. The Bertz CT molecular complexity index is 967. The van der Waals surface area contributed by atoms with Gasteiger partial charge in [0, 0.05) is 12.1 Å². The second-order valence-electron chi connectivity index (χ2n) is 4.93. The highest BCUT2D eigenvalue weighted by Gasteiger charge is 2.19. The van der Waals surface area contributed by atoms with Gasteiger partial charge in [0.2, 0.25) is 0 Å². The van der Waals surface area contributed by atoms with E-state index >= 15 is 0 Å². The van der Waals surface area contributed by atoms with E-state index in [1.807, 2.05) is 6.07 Å². The third-order valence-electron chi connectivity index (χ3n) is 3.40. The Balaban J connectivity index is 2.01. The van der Waals surface area contributed by atoms with Gasteiger partial charge in [-0.25, -0.2) is 4.68 Å². The molecular weight excluding hydrogens is 330 g/mol. The second-order valence-corrected chi connectivity index (χ2v) is 5.37. The number of nitrogens with zero attached hydrogens (tertiary/aromatic N) is 5. The molecule has 0 saturated heterocycles. The van der Waals surface area contributed by atoms with E-state index in [4.69, 9.17) is 17.3 Å². The van der Waals surface area contributed by atoms with Gasteiger partial charge in [-0.1, -0.05) is 17.7 Å². The molecule has 0 aliphatic carbocycles. The predicted molar refractivity (Wildman–Crippen MR) is 88.9 cm³/mol. The summed E-state index contributed by atoms with van der Waals surface area (Å²) in [6.45, 7) is 0. The van der Waals surface area contributed by atoms with Gasteiger partial charge < -0.3 is 11.1 Å². The lowest BCUT2D eigenvalue weighted by Crippen LogP contribution is -2.17. The molecule has 9 heteroatoms. The molecule has 0 spiro atoms. The molecule has 0 unspecified atom stereocenters. The van der Waals surface area contributed by atoms with Gasteiger partial charge in [0.1, 0.15) is 23.0 Å². The van der Waals surface area contributed by atoms with Crippen LogP contribution in [0.5, 0.6) is 0 Å². The van der Waals surface area contributed by atoms with Crippen molar-refractivity contribution >= 4 is 29.1 Å². The van der Waals surface area contributed by atoms with Crippen molar-refractivity contribution in [2.45, 2.75) is 0 Å². The summed E-state index contributed by atoms with van der Waals surface area (Å²) in [6, 6.07) is 8.89. The number of nitrogens with two attached hydrogens (primary N) is 1. The van der Waals surface area contributed by atoms with E-state index in [-0.39, 0.29) is 22.8 Å². The van der Waals surface area contributed by atoms with Crippen molar-refractivity contribution in [1.82, 2.24) is 19.6 Å². The number of nitriles is 1. The van der Waals surface area contributed by atoms with E-state index < -0.39 is 5.91 Å². The molecule has 0 radical (unpaired) electrons.